The topological polar surface area (TPSA) is 82.5 Å². The molecule has 1 aromatic carbocycles. The van der Waals surface area contributed by atoms with Crippen LogP contribution in [0.2, 0.25) is 10.0 Å². The van der Waals surface area contributed by atoms with E-state index < -0.39 is 5.92 Å². The Kier molecular flexibility index (Phi) is 4.91. The van der Waals surface area contributed by atoms with Crippen molar-refractivity contribution in [2.45, 2.75) is 50.9 Å². The first-order valence-corrected chi connectivity index (χ1v) is 12.7. The van der Waals surface area contributed by atoms with Gasteiger partial charge in [-0.05, 0) is 61.8 Å². The van der Waals surface area contributed by atoms with Crippen LogP contribution in [0.1, 0.15) is 59.6 Å². The average molecular weight is 495 g/mol. The molecule has 0 saturated heterocycles. The van der Waals surface area contributed by atoms with E-state index >= 15 is 0 Å². The second kappa shape index (κ2) is 7.73. The van der Waals surface area contributed by atoms with E-state index in [1.54, 1.807) is 29.5 Å². The van der Waals surface area contributed by atoms with Gasteiger partial charge in [-0.3, -0.25) is 9.69 Å². The van der Waals surface area contributed by atoms with E-state index in [1.807, 2.05) is 0 Å². The fraction of sp³-hybridized carbons (Fsp3) is 0.320. The van der Waals surface area contributed by atoms with Gasteiger partial charge in [0.05, 0.1) is 23.1 Å². The normalized spacial score (nSPS) is 21.7. The number of aryl methyl sites for hydroxylation is 1. The lowest BCUT2D eigenvalue weighted by molar-refractivity contribution is -0.116. The molecule has 5 nitrogen and oxygen atoms in total. The number of nitriles is 1. The summed E-state index contributed by atoms with van der Waals surface area (Å²) in [4.78, 5) is 21.5. The largest absolute Gasteiger partial charge is 0.383 e. The van der Waals surface area contributed by atoms with Crippen molar-refractivity contribution in [2.24, 2.45) is 10.7 Å². The maximum atomic E-state index is 13.4. The molecule has 2 aromatic rings. The molecule has 2 aliphatic heterocycles. The Morgan fingerprint density at radius 2 is 1.97 bits per heavy atom. The van der Waals surface area contributed by atoms with Crippen molar-refractivity contribution in [1.29, 1.82) is 5.26 Å². The summed E-state index contributed by atoms with van der Waals surface area (Å²) in [5, 5.41) is 12.3. The van der Waals surface area contributed by atoms with E-state index in [1.165, 1.54) is 16.9 Å². The number of benzene rings is 1. The van der Waals surface area contributed by atoms with Crippen molar-refractivity contribution in [3.05, 3.63) is 72.5 Å². The molecule has 166 valence electrons. The van der Waals surface area contributed by atoms with Crippen molar-refractivity contribution in [2.75, 3.05) is 4.90 Å². The van der Waals surface area contributed by atoms with E-state index in [4.69, 9.17) is 33.9 Å². The number of Topliss-reactive ketones (excluding diaryl/α,β-unsaturated/α-hetero) is 1. The Balaban J connectivity index is 1.65. The fourth-order valence-corrected chi connectivity index (χ4v) is 7.50. The van der Waals surface area contributed by atoms with Gasteiger partial charge in [-0.1, -0.05) is 29.3 Å². The van der Waals surface area contributed by atoms with Gasteiger partial charge < -0.3 is 5.73 Å². The number of halogens is 2. The van der Waals surface area contributed by atoms with E-state index in [9.17, 15) is 10.1 Å². The summed E-state index contributed by atoms with van der Waals surface area (Å²) in [5.74, 6) is 0.451. The van der Waals surface area contributed by atoms with Gasteiger partial charge in [0, 0.05) is 32.6 Å². The first-order valence-electron chi connectivity index (χ1n) is 11.1. The molecule has 1 aromatic heterocycles. The third-order valence-corrected chi connectivity index (χ3v) is 8.80. The Morgan fingerprint density at radius 3 is 2.76 bits per heavy atom. The van der Waals surface area contributed by atoms with Gasteiger partial charge in [0.1, 0.15) is 10.8 Å². The first-order chi connectivity index (χ1) is 16.0. The molecule has 2 N–H and O–H groups in total. The van der Waals surface area contributed by atoms with Crippen molar-refractivity contribution in [3.63, 3.8) is 0 Å². The number of allylic oxidation sites excluding steroid dienone is 3. The number of carbonyl (C=O) groups is 1. The third-order valence-electron chi connectivity index (χ3n) is 6.96. The van der Waals surface area contributed by atoms with Crippen LogP contribution in [-0.2, 0) is 17.6 Å². The van der Waals surface area contributed by atoms with Crippen molar-refractivity contribution >= 4 is 51.2 Å². The minimum Gasteiger partial charge on any atom is -0.383 e. The second-order valence-electron chi connectivity index (χ2n) is 8.81. The van der Waals surface area contributed by atoms with E-state index in [-0.39, 0.29) is 5.78 Å². The molecule has 8 heteroatoms. The Bertz CT molecular complexity index is 1380. The summed E-state index contributed by atoms with van der Waals surface area (Å²) in [7, 11) is 0. The van der Waals surface area contributed by atoms with Crippen molar-refractivity contribution in [3.8, 4) is 6.07 Å². The van der Waals surface area contributed by atoms with Crippen LogP contribution < -0.4 is 10.6 Å². The minimum absolute atomic E-state index is 0.0597. The molecule has 0 unspecified atom stereocenters. The number of hydrogen-bond donors (Lipinski definition) is 1. The van der Waals surface area contributed by atoms with Crippen LogP contribution in [0.25, 0.3) is 0 Å². The maximum absolute atomic E-state index is 13.4. The quantitative estimate of drug-likeness (QED) is 0.526. The van der Waals surface area contributed by atoms with Gasteiger partial charge in [0.25, 0.3) is 0 Å². The van der Waals surface area contributed by atoms with Crippen LogP contribution in [0, 0.1) is 11.3 Å². The lowest BCUT2D eigenvalue weighted by Crippen LogP contribution is -2.38. The van der Waals surface area contributed by atoms with Crippen LogP contribution in [0.4, 0.5) is 5.00 Å². The molecule has 0 spiro atoms. The van der Waals surface area contributed by atoms with Crippen molar-refractivity contribution < 1.29 is 4.79 Å². The summed E-state index contributed by atoms with van der Waals surface area (Å²) >= 11 is 14.5. The predicted molar refractivity (Wildman–Crippen MR) is 132 cm³/mol. The highest BCUT2D eigenvalue weighted by atomic mass is 35.5. The zero-order valence-electron chi connectivity index (χ0n) is 17.8. The second-order valence-corrected chi connectivity index (χ2v) is 10.7. The van der Waals surface area contributed by atoms with Crippen LogP contribution in [0.15, 0.2) is 45.9 Å². The summed E-state index contributed by atoms with van der Waals surface area (Å²) in [6, 6.07) is 7.57. The highest BCUT2D eigenvalue weighted by Crippen LogP contribution is 2.53. The molecule has 0 bridgehead atoms. The molecule has 4 aliphatic rings. The fourth-order valence-electron chi connectivity index (χ4n) is 5.56. The zero-order valence-corrected chi connectivity index (χ0v) is 20.1. The van der Waals surface area contributed by atoms with Gasteiger partial charge >= 0.3 is 0 Å². The number of anilines is 1. The number of nitrogens with zero attached hydrogens (tertiary/aromatic N) is 3. The number of carbonyl (C=O) groups excluding carboxylic acids is 1. The Morgan fingerprint density at radius 1 is 1.15 bits per heavy atom. The van der Waals surface area contributed by atoms with Gasteiger partial charge in [0.15, 0.2) is 11.6 Å². The third kappa shape index (κ3) is 3.03. The van der Waals surface area contributed by atoms with Crippen LogP contribution in [0.3, 0.4) is 0 Å². The summed E-state index contributed by atoms with van der Waals surface area (Å²) in [6.07, 6.45) is 6.29. The maximum Gasteiger partial charge on any atom is 0.161 e. The number of fused-ring (bicyclic) bond motifs is 6. The van der Waals surface area contributed by atoms with Gasteiger partial charge in [-0.2, -0.15) is 5.26 Å². The zero-order chi connectivity index (χ0) is 22.9. The molecule has 0 amide bonds. The van der Waals surface area contributed by atoms with E-state index in [0.717, 1.165) is 48.4 Å². The Labute approximate surface area is 205 Å². The molecule has 6 rings (SSSR count). The highest BCUT2D eigenvalue weighted by Gasteiger charge is 2.45. The lowest BCUT2D eigenvalue weighted by Gasteiger charge is -2.41. The summed E-state index contributed by atoms with van der Waals surface area (Å²) in [5.41, 5.74) is 11.5. The number of nitrogens with two attached hydrogens (primary N) is 1. The molecule has 33 heavy (non-hydrogen) atoms. The summed E-state index contributed by atoms with van der Waals surface area (Å²) < 4.78 is 0. The molecule has 0 saturated carbocycles. The number of amidine groups is 1. The SMILES string of the molecule is N#CC1=C2N=C(N)c3c(sc4c3CCCC4)N2C2=C(C(=O)CCC2)[C@H]1c1ccc(Cl)cc1Cl. The first kappa shape index (κ1) is 21.0. The average Bonchev–Trinajstić information content (AvgIpc) is 3.19. The van der Waals surface area contributed by atoms with E-state index in [0.29, 0.717) is 44.8 Å². The number of thiophene rings is 1. The lowest BCUT2D eigenvalue weighted by atomic mass is 9.75. The van der Waals surface area contributed by atoms with Crippen molar-refractivity contribution in [1.82, 2.24) is 0 Å². The van der Waals surface area contributed by atoms with Gasteiger partial charge in [0.2, 0.25) is 0 Å². The smallest absolute Gasteiger partial charge is 0.161 e. The van der Waals surface area contributed by atoms with Crippen LogP contribution in [0.5, 0.6) is 0 Å². The number of rotatable bonds is 1. The highest BCUT2D eigenvalue weighted by molar-refractivity contribution is 7.17. The standard InChI is InChI=1S/C25H20Cl2N4OS/c26-12-8-9-13(16(27)10-12)20-15(11-28)24-30-23(29)21-14-4-1-2-7-19(14)33-25(21)31(24)17-5-3-6-18(32)22(17)20/h8-10,20H,1-7H2,(H2,29,30)/t20-/m0/s1. The number of ketones is 1. The van der Waals surface area contributed by atoms with Crippen LogP contribution in [-0.4, -0.2) is 11.6 Å². The molecule has 0 fully saturated rings. The minimum atomic E-state index is -0.582. The molecular weight excluding hydrogens is 475 g/mol. The van der Waals surface area contributed by atoms with Gasteiger partial charge in [-0.25, -0.2) is 4.99 Å². The Hall–Kier alpha value is -2.59. The monoisotopic (exact) mass is 494 g/mol. The van der Waals surface area contributed by atoms with E-state index in [2.05, 4.69) is 11.0 Å². The van der Waals surface area contributed by atoms with Gasteiger partial charge in [-0.15, -0.1) is 11.3 Å². The molecule has 3 heterocycles. The number of aliphatic imine (C=N–C) groups is 1. The molecular formula is C25H20Cl2N4OS. The number of hydrogen-bond acceptors (Lipinski definition) is 6. The summed E-state index contributed by atoms with van der Waals surface area (Å²) in [6.45, 7) is 0. The predicted octanol–water partition coefficient (Wildman–Crippen LogP) is 6.00. The van der Waals surface area contributed by atoms with Crippen LogP contribution >= 0.6 is 34.5 Å². The molecule has 0 radical (unpaired) electrons. The molecule has 1 atom stereocenters. The molecule has 2 aliphatic carbocycles.